The molecular formula is C21H21ClN2O2S. The topological polar surface area (TPSA) is 42.4 Å². The Kier molecular flexibility index (Phi) is 5.32. The quantitative estimate of drug-likeness (QED) is 0.610. The van der Waals surface area contributed by atoms with Gasteiger partial charge in [-0.2, -0.15) is 0 Å². The van der Waals surface area contributed by atoms with Crippen LogP contribution in [0, 0.1) is 0 Å². The van der Waals surface area contributed by atoms with Crippen LogP contribution in [0.25, 0.3) is 10.2 Å². The van der Waals surface area contributed by atoms with Crippen LogP contribution in [-0.4, -0.2) is 35.0 Å². The van der Waals surface area contributed by atoms with Crippen LogP contribution in [0.2, 0.25) is 5.02 Å². The van der Waals surface area contributed by atoms with Gasteiger partial charge in [0.15, 0.2) is 6.10 Å². The van der Waals surface area contributed by atoms with Crippen LogP contribution in [-0.2, 0) is 4.79 Å². The highest BCUT2D eigenvalue weighted by Crippen LogP contribution is 2.33. The fourth-order valence-corrected chi connectivity index (χ4v) is 4.69. The fraction of sp³-hybridized carbons (Fsp3) is 0.333. The molecular weight excluding hydrogens is 380 g/mol. The molecule has 4 nitrogen and oxygen atoms in total. The number of benzene rings is 2. The molecule has 0 radical (unpaired) electrons. The average Bonchev–Trinajstić information content (AvgIpc) is 3.13. The van der Waals surface area contributed by atoms with Crippen molar-refractivity contribution in [2.24, 2.45) is 0 Å². The maximum absolute atomic E-state index is 12.9. The van der Waals surface area contributed by atoms with Crippen LogP contribution < -0.4 is 4.74 Å². The predicted octanol–water partition coefficient (Wildman–Crippen LogP) is 5.12. The maximum atomic E-state index is 12.9. The van der Waals surface area contributed by atoms with Gasteiger partial charge >= 0.3 is 0 Å². The monoisotopic (exact) mass is 400 g/mol. The van der Waals surface area contributed by atoms with E-state index in [4.69, 9.17) is 21.3 Å². The Morgan fingerprint density at radius 1 is 1.26 bits per heavy atom. The van der Waals surface area contributed by atoms with Crippen LogP contribution in [0.1, 0.15) is 30.7 Å². The Balaban J connectivity index is 1.43. The van der Waals surface area contributed by atoms with E-state index in [1.165, 1.54) is 4.70 Å². The van der Waals surface area contributed by atoms with E-state index in [9.17, 15) is 4.79 Å². The molecule has 0 saturated carbocycles. The summed E-state index contributed by atoms with van der Waals surface area (Å²) in [7, 11) is 0. The first-order valence-electron chi connectivity index (χ1n) is 9.16. The lowest BCUT2D eigenvalue weighted by molar-refractivity contribution is -0.139. The third-order valence-corrected chi connectivity index (χ3v) is 6.32. The molecule has 27 heavy (non-hydrogen) atoms. The Labute approximate surface area is 167 Å². The molecule has 0 N–H and O–H groups in total. The van der Waals surface area contributed by atoms with Crippen molar-refractivity contribution in [2.45, 2.75) is 31.8 Å². The summed E-state index contributed by atoms with van der Waals surface area (Å²) in [5, 5.41) is 1.77. The molecule has 0 unspecified atom stereocenters. The van der Waals surface area contributed by atoms with Crippen LogP contribution >= 0.6 is 22.9 Å². The van der Waals surface area contributed by atoms with Crippen molar-refractivity contribution in [1.82, 2.24) is 9.88 Å². The average molecular weight is 401 g/mol. The van der Waals surface area contributed by atoms with Crippen LogP contribution in [0.3, 0.4) is 0 Å². The molecule has 1 aliphatic rings. The number of halogens is 1. The van der Waals surface area contributed by atoms with E-state index < -0.39 is 6.10 Å². The highest BCUT2D eigenvalue weighted by Gasteiger charge is 2.30. The fourth-order valence-electron chi connectivity index (χ4n) is 3.47. The largest absolute Gasteiger partial charge is 0.481 e. The van der Waals surface area contributed by atoms with Crippen molar-refractivity contribution in [1.29, 1.82) is 0 Å². The Morgan fingerprint density at radius 3 is 2.81 bits per heavy atom. The number of amides is 1. The predicted molar refractivity (Wildman–Crippen MR) is 110 cm³/mol. The molecule has 1 aliphatic heterocycles. The molecule has 2 heterocycles. The second kappa shape index (κ2) is 7.87. The molecule has 0 bridgehead atoms. The van der Waals surface area contributed by atoms with Gasteiger partial charge in [0.1, 0.15) is 5.75 Å². The van der Waals surface area contributed by atoms with E-state index in [0.717, 1.165) is 29.9 Å². The number of ether oxygens (including phenoxy) is 1. The van der Waals surface area contributed by atoms with Gasteiger partial charge < -0.3 is 9.64 Å². The maximum Gasteiger partial charge on any atom is 0.263 e. The van der Waals surface area contributed by atoms with Gasteiger partial charge in [0, 0.05) is 24.0 Å². The number of hydrogen-bond donors (Lipinski definition) is 0. The molecule has 1 aromatic heterocycles. The summed E-state index contributed by atoms with van der Waals surface area (Å²) < 4.78 is 7.01. The minimum Gasteiger partial charge on any atom is -0.481 e. The molecule has 2 aromatic carbocycles. The molecule has 2 atom stereocenters. The van der Waals surface area contributed by atoms with Crippen molar-refractivity contribution in [2.75, 3.05) is 13.1 Å². The summed E-state index contributed by atoms with van der Waals surface area (Å²) in [6.07, 6.45) is 1.52. The number of nitrogens with zero attached hydrogens (tertiary/aromatic N) is 2. The highest BCUT2D eigenvalue weighted by atomic mass is 35.5. The second-order valence-electron chi connectivity index (χ2n) is 6.86. The standard InChI is InChI=1S/C21H21ClN2O2S/c1-14(26-17-10-8-16(22)9-11-17)21(25)24-12-4-5-15(13-24)20-23-18-6-2-3-7-19(18)27-20/h2-3,6-11,14-15H,4-5,12-13H2,1H3/t14-,15-/m0/s1. The van der Waals surface area contributed by atoms with E-state index in [-0.39, 0.29) is 5.91 Å². The van der Waals surface area contributed by atoms with E-state index in [2.05, 4.69) is 6.07 Å². The molecule has 1 amide bonds. The zero-order valence-electron chi connectivity index (χ0n) is 15.1. The van der Waals surface area contributed by atoms with Crippen LogP contribution in [0.4, 0.5) is 0 Å². The van der Waals surface area contributed by atoms with Crippen LogP contribution in [0.15, 0.2) is 48.5 Å². The molecule has 140 valence electrons. The summed E-state index contributed by atoms with van der Waals surface area (Å²) in [5.41, 5.74) is 1.04. The summed E-state index contributed by atoms with van der Waals surface area (Å²) in [6.45, 7) is 3.28. The number of aromatic nitrogens is 1. The SMILES string of the molecule is C[C@H](Oc1ccc(Cl)cc1)C(=O)N1CCC[C@H](c2nc3ccccc3s2)C1. The van der Waals surface area contributed by atoms with Crippen molar-refractivity contribution in [3.63, 3.8) is 0 Å². The number of thiazole rings is 1. The van der Waals surface area contributed by atoms with Gasteiger partial charge in [-0.3, -0.25) is 4.79 Å². The number of hydrogen-bond acceptors (Lipinski definition) is 4. The number of likely N-dealkylation sites (tertiary alicyclic amines) is 1. The number of para-hydroxylation sites is 1. The Bertz CT molecular complexity index is 908. The lowest BCUT2D eigenvalue weighted by Gasteiger charge is -2.33. The Morgan fingerprint density at radius 2 is 2.04 bits per heavy atom. The summed E-state index contributed by atoms with van der Waals surface area (Å²) in [6, 6.07) is 15.3. The van der Waals surface area contributed by atoms with Gasteiger partial charge in [-0.25, -0.2) is 4.98 Å². The molecule has 0 spiro atoms. The van der Waals surface area contributed by atoms with E-state index in [1.807, 2.05) is 23.1 Å². The van der Waals surface area contributed by atoms with E-state index in [0.29, 0.717) is 23.2 Å². The lowest BCUT2D eigenvalue weighted by Crippen LogP contribution is -2.45. The van der Waals surface area contributed by atoms with Crippen molar-refractivity contribution < 1.29 is 9.53 Å². The first-order chi connectivity index (χ1) is 13.1. The third kappa shape index (κ3) is 4.09. The van der Waals surface area contributed by atoms with Gasteiger partial charge in [-0.15, -0.1) is 11.3 Å². The minimum atomic E-state index is -0.528. The van der Waals surface area contributed by atoms with Gasteiger partial charge in [0.25, 0.3) is 5.91 Å². The number of carbonyl (C=O) groups excluding carboxylic acids is 1. The van der Waals surface area contributed by atoms with E-state index in [1.54, 1.807) is 42.5 Å². The number of carbonyl (C=O) groups is 1. The van der Waals surface area contributed by atoms with Gasteiger partial charge in [0.2, 0.25) is 0 Å². The molecule has 0 aliphatic carbocycles. The molecule has 1 fully saturated rings. The van der Waals surface area contributed by atoms with Gasteiger partial charge in [-0.1, -0.05) is 23.7 Å². The number of fused-ring (bicyclic) bond motifs is 1. The highest BCUT2D eigenvalue weighted by molar-refractivity contribution is 7.18. The smallest absolute Gasteiger partial charge is 0.263 e. The number of rotatable bonds is 4. The number of piperidine rings is 1. The summed E-state index contributed by atoms with van der Waals surface area (Å²) in [5.74, 6) is 0.971. The molecule has 6 heteroatoms. The van der Waals surface area contributed by atoms with Crippen molar-refractivity contribution in [3.8, 4) is 5.75 Å². The molecule has 1 saturated heterocycles. The first-order valence-corrected chi connectivity index (χ1v) is 10.4. The molecule has 3 aromatic rings. The lowest BCUT2D eigenvalue weighted by atomic mass is 9.98. The summed E-state index contributed by atoms with van der Waals surface area (Å²) in [4.78, 5) is 19.6. The van der Waals surface area contributed by atoms with E-state index >= 15 is 0 Å². The normalized spacial score (nSPS) is 18.4. The van der Waals surface area contributed by atoms with Crippen LogP contribution in [0.5, 0.6) is 5.75 Å². The van der Waals surface area contributed by atoms with Gasteiger partial charge in [0.05, 0.1) is 15.2 Å². The summed E-state index contributed by atoms with van der Waals surface area (Å²) >= 11 is 7.64. The Hall–Kier alpha value is -2.11. The third-order valence-electron chi connectivity index (χ3n) is 4.87. The minimum absolute atomic E-state index is 0.0239. The zero-order valence-corrected chi connectivity index (χ0v) is 16.7. The molecule has 4 rings (SSSR count). The second-order valence-corrected chi connectivity index (χ2v) is 8.36. The van der Waals surface area contributed by atoms with Gasteiger partial charge in [-0.05, 0) is 56.2 Å². The van der Waals surface area contributed by atoms with Crippen molar-refractivity contribution in [3.05, 3.63) is 58.6 Å². The van der Waals surface area contributed by atoms with Crippen molar-refractivity contribution >= 4 is 39.1 Å². The zero-order chi connectivity index (χ0) is 18.8. The first kappa shape index (κ1) is 18.3.